The zero-order chi connectivity index (χ0) is 21.9. The predicted molar refractivity (Wildman–Crippen MR) is 109 cm³/mol. The number of aliphatic hydroxyl groups excluding tert-OH is 1. The lowest BCUT2D eigenvalue weighted by molar-refractivity contribution is -0.227. The molecule has 0 amide bonds. The fraction of sp³-hybridized carbons (Fsp3) is 1.00. The third-order valence-corrected chi connectivity index (χ3v) is 10.1. The zero-order valence-corrected chi connectivity index (χ0v) is 18.6. The van der Waals surface area contributed by atoms with E-state index in [2.05, 4.69) is 6.92 Å². The lowest BCUT2D eigenvalue weighted by Gasteiger charge is -2.57. The van der Waals surface area contributed by atoms with Crippen molar-refractivity contribution in [1.82, 2.24) is 0 Å². The van der Waals surface area contributed by atoms with Gasteiger partial charge in [-0.05, 0) is 105 Å². The Kier molecular flexibility index (Phi) is 6.03. The molecule has 4 rings (SSSR count). The SMILES string of the molecule is COC[C@]1(O)CC[C@H]2[C@H](CC[C@@H]3[C@@H]2CC[C@]2(C)[C@@H]([C@H](C)[C@H](O)C(F)(F)F)CC[C@@H]32)C1. The van der Waals surface area contributed by atoms with Crippen LogP contribution in [0.1, 0.15) is 71.6 Å². The first-order valence-electron chi connectivity index (χ1n) is 12.0. The molecule has 6 heteroatoms. The van der Waals surface area contributed by atoms with Crippen LogP contribution in [0, 0.1) is 46.8 Å². The van der Waals surface area contributed by atoms with Gasteiger partial charge in [0.05, 0.1) is 12.2 Å². The molecule has 0 unspecified atom stereocenters. The molecule has 2 N–H and O–H groups in total. The van der Waals surface area contributed by atoms with Gasteiger partial charge in [0, 0.05) is 7.11 Å². The van der Waals surface area contributed by atoms with Gasteiger partial charge in [0.25, 0.3) is 0 Å². The van der Waals surface area contributed by atoms with Crippen molar-refractivity contribution in [3.63, 3.8) is 0 Å². The van der Waals surface area contributed by atoms with Crippen LogP contribution in [0.4, 0.5) is 13.2 Å². The largest absolute Gasteiger partial charge is 0.414 e. The first-order valence-corrected chi connectivity index (χ1v) is 12.0. The molecule has 4 aliphatic rings. The molecule has 30 heavy (non-hydrogen) atoms. The molecular weight excluding hydrogens is 393 g/mol. The number of halogens is 3. The van der Waals surface area contributed by atoms with E-state index in [0.717, 1.165) is 57.8 Å². The predicted octanol–water partition coefficient (Wildman–Crippen LogP) is 5.19. The lowest BCUT2D eigenvalue weighted by atomic mass is 9.48. The number of hydrogen-bond donors (Lipinski definition) is 2. The molecule has 0 aliphatic heterocycles. The highest BCUT2D eigenvalue weighted by Crippen LogP contribution is 2.66. The first kappa shape index (κ1) is 22.8. The van der Waals surface area contributed by atoms with Crippen molar-refractivity contribution in [2.24, 2.45) is 46.8 Å². The minimum Gasteiger partial charge on any atom is -0.387 e. The van der Waals surface area contributed by atoms with Crippen LogP contribution in [0.25, 0.3) is 0 Å². The minimum atomic E-state index is -4.54. The highest BCUT2D eigenvalue weighted by molar-refractivity contribution is 5.08. The van der Waals surface area contributed by atoms with Crippen molar-refractivity contribution in [3.8, 4) is 0 Å². The van der Waals surface area contributed by atoms with Crippen LogP contribution in [0.15, 0.2) is 0 Å². The molecule has 3 nitrogen and oxygen atoms in total. The van der Waals surface area contributed by atoms with E-state index >= 15 is 0 Å². The number of fused-ring (bicyclic) bond motifs is 5. The maximum Gasteiger partial charge on any atom is 0.414 e. The van der Waals surface area contributed by atoms with Crippen molar-refractivity contribution < 1.29 is 28.1 Å². The van der Waals surface area contributed by atoms with Crippen molar-refractivity contribution in [3.05, 3.63) is 0 Å². The molecule has 0 saturated heterocycles. The monoisotopic (exact) mass is 432 g/mol. The molecule has 0 aromatic rings. The third kappa shape index (κ3) is 3.73. The van der Waals surface area contributed by atoms with E-state index in [-0.39, 0.29) is 11.3 Å². The Morgan fingerprint density at radius 1 is 1.00 bits per heavy atom. The van der Waals surface area contributed by atoms with Gasteiger partial charge in [0.15, 0.2) is 6.10 Å². The Hall–Kier alpha value is -0.330. The summed E-state index contributed by atoms with van der Waals surface area (Å²) in [5.74, 6) is 2.11. The molecule has 4 aliphatic carbocycles. The minimum absolute atomic E-state index is 0.0593. The van der Waals surface area contributed by atoms with Crippen molar-refractivity contribution in [2.45, 2.75) is 89.5 Å². The van der Waals surface area contributed by atoms with E-state index in [1.165, 1.54) is 0 Å². The number of methoxy groups -OCH3 is 1. The second-order valence-corrected chi connectivity index (χ2v) is 11.4. The molecule has 0 aromatic carbocycles. The first-order chi connectivity index (χ1) is 14.0. The summed E-state index contributed by atoms with van der Waals surface area (Å²) in [6.45, 7) is 4.23. The Labute approximate surface area is 178 Å². The average molecular weight is 433 g/mol. The number of alkyl halides is 3. The summed E-state index contributed by atoms with van der Waals surface area (Å²) in [6.07, 6.45) is 2.04. The number of aliphatic hydroxyl groups is 2. The van der Waals surface area contributed by atoms with Crippen LogP contribution in [0.3, 0.4) is 0 Å². The second-order valence-electron chi connectivity index (χ2n) is 11.4. The van der Waals surface area contributed by atoms with Crippen LogP contribution >= 0.6 is 0 Å². The normalized spacial score (nSPS) is 48.4. The van der Waals surface area contributed by atoms with Crippen LogP contribution in [0.2, 0.25) is 0 Å². The van der Waals surface area contributed by atoms with Gasteiger partial charge in [0.1, 0.15) is 0 Å². The molecule has 0 radical (unpaired) electrons. The Morgan fingerprint density at radius 2 is 1.70 bits per heavy atom. The molecule has 0 aromatic heterocycles. The summed E-state index contributed by atoms with van der Waals surface area (Å²) >= 11 is 0. The third-order valence-electron chi connectivity index (χ3n) is 10.1. The Balaban J connectivity index is 1.48. The van der Waals surface area contributed by atoms with Gasteiger partial charge in [-0.3, -0.25) is 0 Å². The molecular formula is C24H39F3O3. The lowest BCUT2D eigenvalue weighted by Crippen LogP contribution is -2.52. The van der Waals surface area contributed by atoms with E-state index in [9.17, 15) is 23.4 Å². The molecule has 174 valence electrons. The fourth-order valence-electron chi connectivity index (χ4n) is 8.78. The zero-order valence-electron chi connectivity index (χ0n) is 18.6. The fourth-order valence-corrected chi connectivity index (χ4v) is 8.78. The Morgan fingerprint density at radius 3 is 2.37 bits per heavy atom. The molecule has 0 spiro atoms. The molecule has 4 saturated carbocycles. The van der Waals surface area contributed by atoms with E-state index in [4.69, 9.17) is 4.74 Å². The van der Waals surface area contributed by atoms with E-state index in [1.807, 2.05) is 0 Å². The van der Waals surface area contributed by atoms with Crippen molar-refractivity contribution in [2.75, 3.05) is 13.7 Å². The molecule has 4 fully saturated rings. The maximum atomic E-state index is 13.2. The quantitative estimate of drug-likeness (QED) is 0.643. The summed E-state index contributed by atoms with van der Waals surface area (Å²) in [4.78, 5) is 0. The number of hydrogen-bond acceptors (Lipinski definition) is 3. The van der Waals surface area contributed by atoms with Crippen LogP contribution in [0.5, 0.6) is 0 Å². The maximum absolute atomic E-state index is 13.2. The molecule has 0 bridgehead atoms. The standard InChI is InChI=1S/C24H39F3O3/c1-14(21(28)24(25,26)27)19-6-7-20-18-5-4-15-12-23(29,13-30-3)11-9-16(15)17(18)8-10-22(19,20)2/h14-21,28-29H,4-13H2,1-3H3/t14-,15+,16-,17+,18+,19+,20-,21-,22+,23-/m0/s1. The van der Waals surface area contributed by atoms with Crippen LogP contribution in [-0.2, 0) is 4.74 Å². The van der Waals surface area contributed by atoms with Crippen molar-refractivity contribution in [1.29, 1.82) is 0 Å². The van der Waals surface area contributed by atoms with Gasteiger partial charge in [-0.2, -0.15) is 13.2 Å². The van der Waals surface area contributed by atoms with Gasteiger partial charge in [-0.25, -0.2) is 0 Å². The van der Waals surface area contributed by atoms with Gasteiger partial charge in [0.2, 0.25) is 0 Å². The second kappa shape index (κ2) is 7.91. The van der Waals surface area contributed by atoms with E-state index < -0.39 is 23.8 Å². The highest BCUT2D eigenvalue weighted by atomic mass is 19.4. The molecule has 10 atom stereocenters. The summed E-state index contributed by atoms with van der Waals surface area (Å²) in [5.41, 5.74) is -0.779. The van der Waals surface area contributed by atoms with Crippen LogP contribution in [-0.4, -0.2) is 41.8 Å². The van der Waals surface area contributed by atoms with Gasteiger partial charge in [-0.15, -0.1) is 0 Å². The van der Waals surface area contributed by atoms with Crippen molar-refractivity contribution >= 4 is 0 Å². The average Bonchev–Trinajstić information content (AvgIpc) is 3.03. The summed E-state index contributed by atoms with van der Waals surface area (Å²) in [7, 11) is 1.65. The number of ether oxygens (including phenoxy) is 1. The Bertz CT molecular complexity index is 625. The van der Waals surface area contributed by atoms with Gasteiger partial charge >= 0.3 is 6.18 Å². The number of rotatable bonds is 4. The summed E-state index contributed by atoms with van der Waals surface area (Å²) < 4.78 is 44.9. The van der Waals surface area contributed by atoms with E-state index in [1.54, 1.807) is 14.0 Å². The summed E-state index contributed by atoms with van der Waals surface area (Å²) in [5, 5.41) is 20.8. The molecule has 0 heterocycles. The van der Waals surface area contributed by atoms with Gasteiger partial charge in [-0.1, -0.05) is 13.8 Å². The smallest absolute Gasteiger partial charge is 0.387 e. The topological polar surface area (TPSA) is 49.7 Å². The van der Waals surface area contributed by atoms with Crippen LogP contribution < -0.4 is 0 Å². The van der Waals surface area contributed by atoms with E-state index in [0.29, 0.717) is 36.2 Å². The van der Waals surface area contributed by atoms with Gasteiger partial charge < -0.3 is 14.9 Å². The summed E-state index contributed by atoms with van der Waals surface area (Å²) in [6, 6.07) is 0. The highest BCUT2D eigenvalue weighted by Gasteiger charge is 2.60.